The Balaban J connectivity index is 1.55. The fourth-order valence-corrected chi connectivity index (χ4v) is 3.44. The molecular formula is C19H19N5OS. The lowest BCUT2D eigenvalue weighted by Crippen LogP contribution is -2.29. The molecule has 2 aromatic carbocycles. The summed E-state index contributed by atoms with van der Waals surface area (Å²) in [7, 11) is 0. The fourth-order valence-electron chi connectivity index (χ4n) is 2.93. The van der Waals surface area contributed by atoms with E-state index in [0.717, 1.165) is 26.8 Å². The summed E-state index contributed by atoms with van der Waals surface area (Å²) in [5.74, 6) is 0. The number of hydrogen-bond donors (Lipinski definition) is 2. The van der Waals surface area contributed by atoms with Gasteiger partial charge in [0.05, 0.1) is 11.0 Å². The number of nitrogens with zero attached hydrogens (tertiary/aromatic N) is 3. The van der Waals surface area contributed by atoms with Gasteiger partial charge in [0, 0.05) is 35.0 Å². The molecule has 7 heteroatoms. The predicted molar refractivity (Wildman–Crippen MR) is 106 cm³/mol. The van der Waals surface area contributed by atoms with Crippen LogP contribution in [-0.4, -0.2) is 20.5 Å². The van der Waals surface area contributed by atoms with E-state index in [-0.39, 0.29) is 12.1 Å². The summed E-state index contributed by atoms with van der Waals surface area (Å²) in [4.78, 5) is 12.4. The van der Waals surface area contributed by atoms with Crippen LogP contribution in [0.5, 0.6) is 0 Å². The summed E-state index contributed by atoms with van der Waals surface area (Å²) in [5, 5.41) is 7.36. The van der Waals surface area contributed by atoms with E-state index in [1.54, 1.807) is 0 Å². The topological polar surface area (TPSA) is 63.9 Å². The molecule has 0 fully saturated rings. The zero-order valence-electron chi connectivity index (χ0n) is 14.5. The van der Waals surface area contributed by atoms with E-state index >= 15 is 0 Å². The molecule has 2 N–H and O–H groups in total. The van der Waals surface area contributed by atoms with E-state index in [1.807, 2.05) is 58.0 Å². The monoisotopic (exact) mass is 365 g/mol. The van der Waals surface area contributed by atoms with Crippen LogP contribution in [0.3, 0.4) is 0 Å². The van der Waals surface area contributed by atoms with Gasteiger partial charge in [0.1, 0.15) is 5.03 Å². The number of hydrogen-bond acceptors (Lipinski definition) is 3. The first kappa shape index (κ1) is 16.5. The van der Waals surface area contributed by atoms with Crippen LogP contribution in [0, 0.1) is 0 Å². The molecule has 0 aliphatic rings. The fraction of sp³-hybridized carbons (Fsp3) is 0.158. The number of amides is 2. The third kappa shape index (κ3) is 3.01. The van der Waals surface area contributed by atoms with Crippen molar-refractivity contribution in [3.05, 3.63) is 60.8 Å². The quantitative estimate of drug-likeness (QED) is 0.522. The Bertz CT molecular complexity index is 1030. The number of fused-ring (bicyclic) bond motifs is 3. The highest BCUT2D eigenvalue weighted by Gasteiger charge is 2.12. The van der Waals surface area contributed by atoms with Crippen molar-refractivity contribution in [2.45, 2.75) is 24.9 Å². The Morgan fingerprint density at radius 2 is 1.62 bits per heavy atom. The van der Waals surface area contributed by atoms with Gasteiger partial charge < -0.3 is 0 Å². The van der Waals surface area contributed by atoms with Gasteiger partial charge in [-0.2, -0.15) is 5.10 Å². The van der Waals surface area contributed by atoms with Crippen LogP contribution in [-0.2, 0) is 0 Å². The molecular weight excluding hydrogens is 346 g/mol. The number of rotatable bonds is 4. The van der Waals surface area contributed by atoms with Crippen LogP contribution in [0.15, 0.2) is 65.8 Å². The molecule has 0 saturated heterocycles. The third-order valence-corrected chi connectivity index (χ3v) is 4.87. The number of carbonyl (C=O) groups is 1. The molecule has 132 valence electrons. The number of urea groups is 1. The van der Waals surface area contributed by atoms with Crippen molar-refractivity contribution in [1.29, 1.82) is 0 Å². The Morgan fingerprint density at radius 3 is 2.19 bits per heavy atom. The first-order valence-corrected chi connectivity index (χ1v) is 9.22. The van der Waals surface area contributed by atoms with Crippen molar-refractivity contribution in [2.24, 2.45) is 0 Å². The van der Waals surface area contributed by atoms with Gasteiger partial charge in [-0.1, -0.05) is 36.4 Å². The summed E-state index contributed by atoms with van der Waals surface area (Å²) in [6.07, 6.45) is 1.90. The average Bonchev–Trinajstić information content (AvgIpc) is 3.25. The predicted octanol–water partition coefficient (Wildman–Crippen LogP) is 4.53. The zero-order chi connectivity index (χ0) is 18.1. The molecule has 6 nitrogen and oxygen atoms in total. The minimum atomic E-state index is -0.305. The van der Waals surface area contributed by atoms with Crippen molar-refractivity contribution >= 4 is 39.8 Å². The maximum atomic E-state index is 12.4. The van der Waals surface area contributed by atoms with Crippen LogP contribution < -0.4 is 10.1 Å². The number of benzene rings is 2. The van der Waals surface area contributed by atoms with Gasteiger partial charge in [-0.25, -0.2) is 10.2 Å². The normalized spacial score (nSPS) is 11.3. The highest BCUT2D eigenvalue weighted by Crippen LogP contribution is 2.27. The number of carbonyl (C=O) groups excluding carboxylic acids is 1. The minimum absolute atomic E-state index is 0.288. The molecule has 2 amide bonds. The first-order valence-electron chi connectivity index (χ1n) is 8.40. The highest BCUT2D eigenvalue weighted by molar-refractivity contribution is 7.97. The number of aromatic nitrogens is 3. The van der Waals surface area contributed by atoms with E-state index in [4.69, 9.17) is 0 Å². The van der Waals surface area contributed by atoms with Gasteiger partial charge in [0.25, 0.3) is 0 Å². The SMILES string of the molecule is CC(C)n1ccc(SNC(=O)Nn2c3ccccc3c3ccccc32)n1. The highest BCUT2D eigenvalue weighted by atomic mass is 32.2. The van der Waals surface area contributed by atoms with Crippen LogP contribution in [0.2, 0.25) is 0 Å². The molecule has 0 radical (unpaired) electrons. The molecule has 0 spiro atoms. The number of para-hydroxylation sites is 2. The molecule has 0 bridgehead atoms. The van der Waals surface area contributed by atoms with Crippen molar-refractivity contribution in [1.82, 2.24) is 19.2 Å². The van der Waals surface area contributed by atoms with Crippen LogP contribution in [0.1, 0.15) is 19.9 Å². The third-order valence-electron chi connectivity index (χ3n) is 4.15. The second-order valence-corrected chi connectivity index (χ2v) is 7.07. The second-order valence-electron chi connectivity index (χ2n) is 6.24. The Hall–Kier alpha value is -2.93. The van der Waals surface area contributed by atoms with Gasteiger partial charge in [0.15, 0.2) is 0 Å². The zero-order valence-corrected chi connectivity index (χ0v) is 15.3. The second kappa shape index (κ2) is 6.76. The minimum Gasteiger partial charge on any atom is -0.275 e. The lowest BCUT2D eigenvalue weighted by atomic mass is 10.2. The molecule has 2 aromatic heterocycles. The maximum absolute atomic E-state index is 12.4. The summed E-state index contributed by atoms with van der Waals surface area (Å²) in [6, 6.07) is 17.9. The van der Waals surface area contributed by atoms with E-state index in [9.17, 15) is 4.79 Å². The van der Waals surface area contributed by atoms with Gasteiger partial charge in [0.2, 0.25) is 0 Å². The molecule has 0 aliphatic heterocycles. The lowest BCUT2D eigenvalue weighted by Gasteiger charge is -2.10. The summed E-state index contributed by atoms with van der Waals surface area (Å²) in [6.45, 7) is 4.12. The van der Waals surface area contributed by atoms with E-state index in [2.05, 4.69) is 41.2 Å². The molecule has 0 unspecified atom stereocenters. The average molecular weight is 365 g/mol. The Morgan fingerprint density at radius 1 is 1.00 bits per heavy atom. The molecule has 0 atom stereocenters. The van der Waals surface area contributed by atoms with E-state index < -0.39 is 0 Å². The molecule has 0 aliphatic carbocycles. The van der Waals surface area contributed by atoms with Gasteiger partial charge in [-0.05, 0) is 32.0 Å². The Labute approximate surface area is 155 Å². The van der Waals surface area contributed by atoms with E-state index in [0.29, 0.717) is 0 Å². The molecule has 26 heavy (non-hydrogen) atoms. The lowest BCUT2D eigenvalue weighted by molar-refractivity contribution is 0.255. The van der Waals surface area contributed by atoms with Crippen molar-refractivity contribution in [3.63, 3.8) is 0 Å². The van der Waals surface area contributed by atoms with Crippen LogP contribution in [0.25, 0.3) is 21.8 Å². The van der Waals surface area contributed by atoms with Crippen LogP contribution >= 0.6 is 11.9 Å². The largest absolute Gasteiger partial charge is 0.344 e. The first-order chi connectivity index (χ1) is 12.6. The number of nitrogens with one attached hydrogen (secondary N) is 2. The van der Waals surface area contributed by atoms with Crippen molar-refractivity contribution < 1.29 is 4.79 Å². The van der Waals surface area contributed by atoms with Crippen LogP contribution in [0.4, 0.5) is 4.79 Å². The standard InChI is InChI=1S/C19H19N5OS/c1-13(2)23-12-11-18(20-23)26-22-19(25)21-24-16-9-5-3-7-14(16)15-8-4-6-10-17(15)24/h3-13H,1-2H3,(H2,21,22,25). The van der Waals surface area contributed by atoms with Crippen molar-refractivity contribution in [2.75, 3.05) is 5.43 Å². The molecule has 2 heterocycles. The van der Waals surface area contributed by atoms with Gasteiger partial charge >= 0.3 is 6.03 Å². The Kier molecular flexibility index (Phi) is 4.30. The van der Waals surface area contributed by atoms with Crippen molar-refractivity contribution in [3.8, 4) is 0 Å². The summed E-state index contributed by atoms with van der Waals surface area (Å²) >= 11 is 1.19. The smallest absolute Gasteiger partial charge is 0.275 e. The molecule has 0 saturated carbocycles. The summed E-state index contributed by atoms with van der Waals surface area (Å²) in [5.41, 5.74) is 4.83. The van der Waals surface area contributed by atoms with E-state index in [1.165, 1.54) is 11.9 Å². The van der Waals surface area contributed by atoms with Gasteiger partial charge in [-0.3, -0.25) is 14.1 Å². The maximum Gasteiger partial charge on any atom is 0.344 e. The van der Waals surface area contributed by atoms with Gasteiger partial charge in [-0.15, -0.1) is 0 Å². The molecule has 4 aromatic rings. The summed E-state index contributed by atoms with van der Waals surface area (Å²) < 4.78 is 6.46. The molecule has 4 rings (SSSR count).